The highest BCUT2D eigenvalue weighted by Gasteiger charge is 2.51. The third-order valence-corrected chi connectivity index (χ3v) is 9.74. The van der Waals surface area contributed by atoms with Crippen LogP contribution in [0.2, 0.25) is 0 Å². The van der Waals surface area contributed by atoms with Crippen LogP contribution < -0.4 is 5.32 Å². The van der Waals surface area contributed by atoms with Gasteiger partial charge in [0.1, 0.15) is 18.3 Å². The van der Waals surface area contributed by atoms with Crippen molar-refractivity contribution in [3.8, 4) is 6.07 Å². The quantitative estimate of drug-likeness (QED) is 0.204. The number of imide groups is 1. The molecule has 15 heteroatoms. The number of nitrogens with zero attached hydrogens (tertiary/aromatic N) is 3. The van der Waals surface area contributed by atoms with E-state index in [0.29, 0.717) is 0 Å². The number of hydrogen-bond acceptors (Lipinski definition) is 11. The second-order valence-corrected chi connectivity index (χ2v) is 12.6. The lowest BCUT2D eigenvalue weighted by Crippen LogP contribution is -2.57. The van der Waals surface area contributed by atoms with E-state index < -0.39 is 46.7 Å². The first-order valence-corrected chi connectivity index (χ1v) is 15.9. The van der Waals surface area contributed by atoms with Crippen molar-refractivity contribution in [2.75, 3.05) is 33.5 Å². The summed E-state index contributed by atoms with van der Waals surface area (Å²) in [4.78, 5) is 25.8. The molecule has 0 aliphatic carbocycles. The highest BCUT2D eigenvalue weighted by atomic mass is 31.2. The first-order chi connectivity index (χ1) is 18.5. The van der Waals surface area contributed by atoms with Gasteiger partial charge in [0.05, 0.1) is 32.3 Å². The Hall–Kier alpha value is -1.45. The van der Waals surface area contributed by atoms with E-state index in [1.165, 1.54) is 23.9 Å². The molecule has 1 unspecified atom stereocenters. The van der Waals surface area contributed by atoms with Crippen LogP contribution in [0, 0.1) is 11.3 Å². The lowest BCUT2D eigenvalue weighted by Gasteiger charge is -2.38. The molecule has 2 fully saturated rings. The van der Waals surface area contributed by atoms with Gasteiger partial charge in [-0.25, -0.2) is 9.46 Å². The fourth-order valence-electron chi connectivity index (χ4n) is 4.33. The zero-order chi connectivity index (χ0) is 29.2. The van der Waals surface area contributed by atoms with Gasteiger partial charge < -0.3 is 27.6 Å². The molecule has 2 saturated heterocycles. The van der Waals surface area contributed by atoms with Gasteiger partial charge in [-0.15, -0.1) is 0 Å². The van der Waals surface area contributed by atoms with Crippen LogP contribution in [0.15, 0.2) is 11.9 Å². The first-order valence-electron chi connectivity index (χ1n) is 13.1. The molecule has 0 radical (unpaired) electrons. The third kappa shape index (κ3) is 9.28. The van der Waals surface area contributed by atoms with Gasteiger partial charge in [0.25, 0.3) is 8.53 Å². The average molecular weight is 593 g/mol. The number of methoxy groups -OCH3 is 1. The molecule has 0 saturated carbocycles. The predicted molar refractivity (Wildman–Crippen MR) is 144 cm³/mol. The minimum Gasteiger partial charge on any atom is -0.374 e. The van der Waals surface area contributed by atoms with Crippen LogP contribution in [0.1, 0.15) is 54.4 Å². The third-order valence-electron chi connectivity index (χ3n) is 5.84. The van der Waals surface area contributed by atoms with Gasteiger partial charge in [0, 0.05) is 38.0 Å². The van der Waals surface area contributed by atoms with Crippen LogP contribution in [0.25, 0.3) is 0 Å². The average Bonchev–Trinajstić information content (AvgIpc) is 3.19. The second-order valence-electron chi connectivity index (χ2n) is 9.32. The summed E-state index contributed by atoms with van der Waals surface area (Å²) in [6, 6.07) is 1.56. The van der Waals surface area contributed by atoms with Crippen LogP contribution in [-0.2, 0) is 36.9 Å². The molecule has 0 bridgehead atoms. The molecule has 0 aromatic carbocycles. The van der Waals surface area contributed by atoms with Crippen LogP contribution in [0.5, 0.6) is 0 Å². The van der Waals surface area contributed by atoms with Gasteiger partial charge in [0.2, 0.25) is 5.91 Å². The molecule has 0 spiro atoms. The highest BCUT2D eigenvalue weighted by Crippen LogP contribution is 2.52. The Morgan fingerprint density at radius 1 is 1.21 bits per heavy atom. The number of nitriles is 1. The van der Waals surface area contributed by atoms with E-state index in [2.05, 4.69) is 16.1 Å². The van der Waals surface area contributed by atoms with E-state index in [-0.39, 0.29) is 57.2 Å². The highest BCUT2D eigenvalue weighted by molar-refractivity contribution is 7.57. The normalized spacial score (nSPS) is 25.2. The maximum absolute atomic E-state index is 13.2. The fraction of sp³-hybridized carbons (Fsp3) is 0.792. The van der Waals surface area contributed by atoms with Crippen LogP contribution in [0.3, 0.4) is 0 Å². The maximum atomic E-state index is 13.2. The summed E-state index contributed by atoms with van der Waals surface area (Å²) < 4.78 is 50.7. The summed E-state index contributed by atoms with van der Waals surface area (Å²) in [5.41, 5.74) is 0. The van der Waals surface area contributed by atoms with E-state index in [1.807, 2.05) is 27.7 Å². The summed E-state index contributed by atoms with van der Waals surface area (Å²) in [6.07, 6.45) is -1.53. The molecular formula is C24H42N4O9P2. The van der Waals surface area contributed by atoms with Gasteiger partial charge in [0.15, 0.2) is 6.23 Å². The Morgan fingerprint density at radius 3 is 2.36 bits per heavy atom. The fourth-order valence-corrected chi connectivity index (χ4v) is 7.43. The molecule has 2 aliphatic rings. The van der Waals surface area contributed by atoms with Crippen LogP contribution >= 0.6 is 16.1 Å². The number of carbonyl (C=O) groups is 2. The van der Waals surface area contributed by atoms with Gasteiger partial charge in [-0.05, 0) is 47.6 Å². The maximum Gasteiger partial charge on any atom is 0.353 e. The van der Waals surface area contributed by atoms with Gasteiger partial charge in [-0.2, -0.15) is 5.26 Å². The number of amides is 3. The van der Waals surface area contributed by atoms with Crippen molar-refractivity contribution in [3.63, 3.8) is 0 Å². The Labute approximate surface area is 232 Å². The standard InChI is InChI=1S/C24H42N4O9P2/c1-8-34-39(31,35-9-2)16-12-19-21(37-38(33-15-10-13-25)28(17(3)4)18(5)6)22(32-7)23(36-19)27-14-11-20(29)26-24(27)30/h12,16-19,21-23H,8-11,14-15H2,1-7H3,(H,26,29,30)/b16-12+/t19-,21-,22-,23-,38?/m1/s1. The monoisotopic (exact) mass is 592 g/mol. The zero-order valence-corrected chi connectivity index (χ0v) is 25.6. The largest absolute Gasteiger partial charge is 0.374 e. The van der Waals surface area contributed by atoms with Crippen molar-refractivity contribution < 1.29 is 41.7 Å². The predicted octanol–water partition coefficient (Wildman–Crippen LogP) is 4.11. The molecule has 13 nitrogen and oxygen atoms in total. The molecule has 5 atom stereocenters. The number of hydrogen-bond donors (Lipinski definition) is 1. The van der Waals surface area contributed by atoms with Crippen molar-refractivity contribution >= 4 is 28.1 Å². The number of rotatable bonds is 16. The first kappa shape index (κ1) is 33.8. The van der Waals surface area contributed by atoms with E-state index in [9.17, 15) is 14.2 Å². The van der Waals surface area contributed by atoms with Crippen molar-refractivity contribution in [3.05, 3.63) is 11.9 Å². The van der Waals surface area contributed by atoms with Crippen molar-refractivity contribution in [1.29, 1.82) is 5.26 Å². The summed E-state index contributed by atoms with van der Waals surface area (Å²) in [5, 5.41) is 11.4. The van der Waals surface area contributed by atoms with Crippen LogP contribution in [0.4, 0.5) is 4.79 Å². The Kier molecular flexibility index (Phi) is 13.9. The smallest absolute Gasteiger partial charge is 0.353 e. The Bertz CT molecular complexity index is 912. The molecule has 0 aromatic heterocycles. The van der Waals surface area contributed by atoms with E-state index in [4.69, 9.17) is 32.8 Å². The molecule has 2 heterocycles. The molecular weight excluding hydrogens is 550 g/mol. The number of nitrogens with one attached hydrogen (secondary N) is 1. The molecule has 222 valence electrons. The van der Waals surface area contributed by atoms with E-state index >= 15 is 0 Å². The molecule has 3 amide bonds. The lowest BCUT2D eigenvalue weighted by atomic mass is 10.1. The minimum absolute atomic E-state index is 0.0429. The number of carbonyl (C=O) groups excluding carboxylic acids is 2. The lowest BCUT2D eigenvalue weighted by molar-refractivity contribution is -0.125. The van der Waals surface area contributed by atoms with Gasteiger partial charge in [-0.3, -0.25) is 19.6 Å². The SMILES string of the molecule is CCOP(=O)(/C=C/[C@H]1O[C@@H](N2CCC(=O)NC2=O)[C@H](OC)[C@@H]1OP(OCCC#N)N(C(C)C)C(C)C)OCC. The minimum atomic E-state index is -3.57. The summed E-state index contributed by atoms with van der Waals surface area (Å²) in [7, 11) is -3.80. The molecule has 39 heavy (non-hydrogen) atoms. The molecule has 1 N–H and O–H groups in total. The Balaban J connectivity index is 2.48. The van der Waals surface area contributed by atoms with Crippen LogP contribution in [-0.4, -0.2) is 91.6 Å². The van der Waals surface area contributed by atoms with E-state index in [1.54, 1.807) is 13.8 Å². The molecule has 2 aliphatic heterocycles. The second kappa shape index (κ2) is 16.1. The van der Waals surface area contributed by atoms with Gasteiger partial charge in [-0.1, -0.05) is 0 Å². The van der Waals surface area contributed by atoms with E-state index in [0.717, 1.165) is 0 Å². The Morgan fingerprint density at radius 2 is 1.85 bits per heavy atom. The van der Waals surface area contributed by atoms with Gasteiger partial charge >= 0.3 is 13.6 Å². The summed E-state index contributed by atoms with van der Waals surface area (Å²) in [6.45, 7) is 12.1. The summed E-state index contributed by atoms with van der Waals surface area (Å²) in [5.74, 6) is 0.956. The van der Waals surface area contributed by atoms with Crippen molar-refractivity contribution in [2.45, 2.75) is 91.0 Å². The molecule has 2 rings (SSSR count). The summed E-state index contributed by atoms with van der Waals surface area (Å²) >= 11 is 0. The zero-order valence-electron chi connectivity index (χ0n) is 23.8. The van der Waals surface area contributed by atoms with Crippen molar-refractivity contribution in [2.24, 2.45) is 0 Å². The number of urea groups is 1. The molecule has 0 aromatic rings. The topological polar surface area (TPSA) is 149 Å². The van der Waals surface area contributed by atoms with Crippen molar-refractivity contribution in [1.82, 2.24) is 14.9 Å². The number of ether oxygens (including phenoxy) is 2.